The zero-order valence-electron chi connectivity index (χ0n) is 13.4. The van der Waals surface area contributed by atoms with Gasteiger partial charge in [-0.3, -0.25) is 9.69 Å². The number of piperazine rings is 1. The van der Waals surface area contributed by atoms with Crippen molar-refractivity contribution in [3.8, 4) is 0 Å². The van der Waals surface area contributed by atoms with Gasteiger partial charge in [0.25, 0.3) is 5.91 Å². The number of aromatic nitrogens is 2. The summed E-state index contributed by atoms with van der Waals surface area (Å²) in [4.78, 5) is 26.3. The van der Waals surface area contributed by atoms with Crippen molar-refractivity contribution in [2.24, 2.45) is 0 Å². The Morgan fingerprint density at radius 3 is 2.65 bits per heavy atom. The molecular weight excluding hydrogens is 433 g/mol. The third kappa shape index (κ3) is 3.71. The van der Waals surface area contributed by atoms with Gasteiger partial charge >= 0.3 is 5.82 Å². The van der Waals surface area contributed by atoms with E-state index in [0.29, 0.717) is 43.3 Å². The van der Waals surface area contributed by atoms with Crippen LogP contribution in [0.1, 0.15) is 16.1 Å². The highest BCUT2D eigenvalue weighted by atomic mass is 79.9. The maximum Gasteiger partial charge on any atom is 0.357 e. The number of nitrogens with zero attached hydrogens (tertiary/aromatic N) is 4. The maximum absolute atomic E-state index is 13.9. The zero-order chi connectivity index (χ0) is 18.8. The third-order valence-corrected chi connectivity index (χ3v) is 5.28. The molecule has 138 valence electrons. The molecule has 3 rings (SSSR count). The molecule has 1 aliphatic heterocycles. The quantitative estimate of drug-likeness (QED) is 0.575. The van der Waals surface area contributed by atoms with Gasteiger partial charge in [-0.1, -0.05) is 22.8 Å². The number of nitrogens with one attached hydrogen (secondary N) is 1. The van der Waals surface area contributed by atoms with Gasteiger partial charge in [-0.15, -0.1) is 5.10 Å². The van der Waals surface area contributed by atoms with E-state index in [1.807, 2.05) is 4.90 Å². The maximum atomic E-state index is 13.9. The van der Waals surface area contributed by atoms with E-state index in [2.05, 4.69) is 26.1 Å². The van der Waals surface area contributed by atoms with E-state index in [1.165, 1.54) is 6.07 Å². The van der Waals surface area contributed by atoms with Gasteiger partial charge in [-0.25, -0.2) is 4.39 Å². The molecule has 0 unspecified atom stereocenters. The topological polar surface area (TPSA) is 95.4 Å². The highest BCUT2D eigenvalue weighted by Gasteiger charge is 2.30. The van der Waals surface area contributed by atoms with E-state index >= 15 is 0 Å². The molecule has 1 aromatic heterocycles. The first kappa shape index (κ1) is 18.7. The fraction of sp³-hybridized carbons (Fsp3) is 0.333. The van der Waals surface area contributed by atoms with Crippen molar-refractivity contribution in [1.29, 1.82) is 0 Å². The van der Waals surface area contributed by atoms with Crippen LogP contribution in [0.3, 0.4) is 0 Å². The minimum atomic E-state index is -0.649. The molecule has 1 fully saturated rings. The average molecular weight is 447 g/mol. The summed E-state index contributed by atoms with van der Waals surface area (Å²) in [7, 11) is 0. The lowest BCUT2D eigenvalue weighted by molar-refractivity contribution is -0.390. The van der Waals surface area contributed by atoms with Crippen molar-refractivity contribution in [2.45, 2.75) is 6.54 Å². The number of H-pyrrole nitrogens is 1. The Balaban J connectivity index is 1.63. The van der Waals surface area contributed by atoms with Gasteiger partial charge in [0.2, 0.25) is 0 Å². The van der Waals surface area contributed by atoms with Gasteiger partial charge in [0.05, 0.1) is 0 Å². The van der Waals surface area contributed by atoms with Crippen LogP contribution in [-0.4, -0.2) is 57.0 Å². The van der Waals surface area contributed by atoms with Crippen LogP contribution in [0.4, 0.5) is 10.2 Å². The summed E-state index contributed by atoms with van der Waals surface area (Å²) < 4.78 is 13.9. The lowest BCUT2D eigenvalue weighted by Crippen LogP contribution is -2.48. The Labute approximate surface area is 161 Å². The lowest BCUT2D eigenvalue weighted by atomic mass is 10.1. The summed E-state index contributed by atoms with van der Waals surface area (Å²) in [6.07, 6.45) is 0. The number of rotatable bonds is 4. The average Bonchev–Trinajstić information content (AvgIpc) is 3.00. The molecule has 26 heavy (non-hydrogen) atoms. The highest BCUT2D eigenvalue weighted by Crippen LogP contribution is 2.27. The molecule has 0 bridgehead atoms. The molecule has 1 N–H and O–H groups in total. The molecule has 0 saturated carbocycles. The van der Waals surface area contributed by atoms with E-state index in [0.717, 1.165) is 0 Å². The van der Waals surface area contributed by atoms with Gasteiger partial charge < -0.3 is 15.0 Å². The first-order valence-electron chi connectivity index (χ1n) is 7.71. The number of benzene rings is 1. The van der Waals surface area contributed by atoms with E-state index in [4.69, 9.17) is 11.6 Å². The Bertz CT molecular complexity index is 834. The molecule has 0 atom stereocenters. The van der Waals surface area contributed by atoms with Crippen molar-refractivity contribution in [2.75, 3.05) is 26.2 Å². The predicted octanol–water partition coefficient (Wildman–Crippen LogP) is 2.83. The van der Waals surface area contributed by atoms with E-state index in [9.17, 15) is 19.3 Å². The molecule has 0 spiro atoms. The molecule has 0 aliphatic carbocycles. The predicted molar refractivity (Wildman–Crippen MR) is 95.5 cm³/mol. The number of nitro groups is 1. The molecule has 8 nitrogen and oxygen atoms in total. The smallest absolute Gasteiger partial charge is 0.357 e. The van der Waals surface area contributed by atoms with Gasteiger partial charge in [-0.05, 0) is 33.0 Å². The molecule has 1 amide bonds. The number of halogens is 3. The van der Waals surface area contributed by atoms with Crippen LogP contribution >= 0.6 is 27.5 Å². The molecule has 1 aromatic carbocycles. The Morgan fingerprint density at radius 1 is 1.38 bits per heavy atom. The van der Waals surface area contributed by atoms with Crippen molar-refractivity contribution in [3.05, 3.63) is 54.9 Å². The molecule has 2 heterocycles. The molecule has 2 aromatic rings. The summed E-state index contributed by atoms with van der Waals surface area (Å²) in [5.74, 6) is -1.12. The van der Waals surface area contributed by atoms with Gasteiger partial charge in [-0.2, -0.15) is 0 Å². The summed E-state index contributed by atoms with van der Waals surface area (Å²) in [6.45, 7) is 2.21. The molecular formula is C15H14BrClFN5O3. The second kappa shape index (κ2) is 7.68. The highest BCUT2D eigenvalue weighted by molar-refractivity contribution is 9.10. The standard InChI is InChI=1S/C15H14BrClFN5O3/c16-12-13(19-20-14(12)23(25)26)15(24)22-6-4-21(5-7-22)8-9-10(17)2-1-3-11(9)18/h1-3H,4-8H2,(H,19,20). The summed E-state index contributed by atoms with van der Waals surface area (Å²) in [6, 6.07) is 4.56. The largest absolute Gasteiger partial charge is 0.358 e. The van der Waals surface area contributed by atoms with Crippen LogP contribution in [0.5, 0.6) is 0 Å². The van der Waals surface area contributed by atoms with Gasteiger partial charge in [0, 0.05) is 43.3 Å². The fourth-order valence-electron chi connectivity index (χ4n) is 2.75. The summed E-state index contributed by atoms with van der Waals surface area (Å²) in [5, 5.41) is 17.2. The minimum absolute atomic E-state index is 0.0256. The zero-order valence-corrected chi connectivity index (χ0v) is 15.8. The SMILES string of the molecule is O=C(c1n[nH]c([N+](=O)[O-])c1Br)N1CCN(Cc2c(F)cccc2Cl)CC1. The molecule has 11 heteroatoms. The first-order chi connectivity index (χ1) is 12.4. The van der Waals surface area contributed by atoms with E-state index < -0.39 is 10.8 Å². The normalized spacial score (nSPS) is 15.3. The van der Waals surface area contributed by atoms with Crippen LogP contribution in [0, 0.1) is 15.9 Å². The second-order valence-corrected chi connectivity index (χ2v) is 6.96. The van der Waals surface area contributed by atoms with Crippen molar-refractivity contribution < 1.29 is 14.1 Å². The Hall–Kier alpha value is -2.04. The molecule has 0 radical (unpaired) electrons. The monoisotopic (exact) mass is 445 g/mol. The van der Waals surface area contributed by atoms with Crippen LogP contribution in [-0.2, 0) is 6.54 Å². The fourth-order valence-corrected chi connectivity index (χ4v) is 3.46. The number of hydrogen-bond donors (Lipinski definition) is 1. The van der Waals surface area contributed by atoms with Gasteiger partial charge in [0.15, 0.2) is 5.69 Å². The number of carbonyl (C=O) groups is 1. The van der Waals surface area contributed by atoms with Gasteiger partial charge in [0.1, 0.15) is 10.3 Å². The summed E-state index contributed by atoms with van der Waals surface area (Å²) >= 11 is 9.09. The number of carbonyl (C=O) groups excluding carboxylic acids is 1. The van der Waals surface area contributed by atoms with Crippen molar-refractivity contribution in [1.82, 2.24) is 20.0 Å². The number of hydrogen-bond acceptors (Lipinski definition) is 5. The summed E-state index contributed by atoms with van der Waals surface area (Å²) in [5.41, 5.74) is 0.405. The van der Waals surface area contributed by atoms with Crippen LogP contribution in [0.15, 0.2) is 22.7 Å². The molecule has 1 saturated heterocycles. The Kier molecular flexibility index (Phi) is 5.54. The van der Waals surface area contributed by atoms with E-state index in [1.54, 1.807) is 17.0 Å². The lowest BCUT2D eigenvalue weighted by Gasteiger charge is -2.34. The first-order valence-corrected chi connectivity index (χ1v) is 8.88. The second-order valence-electron chi connectivity index (χ2n) is 5.76. The third-order valence-electron chi connectivity index (χ3n) is 4.18. The van der Waals surface area contributed by atoms with Crippen LogP contribution in [0.25, 0.3) is 0 Å². The van der Waals surface area contributed by atoms with Crippen LogP contribution in [0.2, 0.25) is 5.02 Å². The number of amides is 1. The minimum Gasteiger partial charge on any atom is -0.358 e. The molecule has 1 aliphatic rings. The van der Waals surface area contributed by atoms with Crippen molar-refractivity contribution >= 4 is 39.3 Å². The number of aromatic amines is 1. The van der Waals surface area contributed by atoms with Crippen LogP contribution < -0.4 is 0 Å². The van der Waals surface area contributed by atoms with Crippen molar-refractivity contribution in [3.63, 3.8) is 0 Å². The Morgan fingerprint density at radius 2 is 2.08 bits per heavy atom. The van der Waals surface area contributed by atoms with E-state index in [-0.39, 0.29) is 21.8 Å².